The molecule has 0 spiro atoms. The van der Waals surface area contributed by atoms with Crippen LogP contribution in [0, 0.1) is 17.6 Å². The fourth-order valence-corrected chi connectivity index (χ4v) is 10.6. The standard InChI is InChI=1S/2C19H21FN2O2S/c1-12-11-21-9-8-18-19(12)16-10-15(6-7-17(16)22-18)25(23,24)14-4-2-13(20)3-5-14;1-12-10-16-17-11-15(6-7-18(17)22-19(16)8-9-21-12)25(23,24)14-4-2-13(20)3-5-14/h2-7,10,12,18-19,21-22H,8-9,11H2,1H3;2-7,11-12,16,19,21-22H,8-10H2,1H3/t12?,18-,19+;12?,16-,19+/m01/s1. The molecule has 8 rings (SSSR count). The van der Waals surface area contributed by atoms with Gasteiger partial charge in [0.1, 0.15) is 11.6 Å². The molecule has 0 aromatic heterocycles. The van der Waals surface area contributed by atoms with Crippen molar-refractivity contribution in [3.05, 3.63) is 108 Å². The van der Waals surface area contributed by atoms with E-state index in [1.165, 1.54) is 48.5 Å². The summed E-state index contributed by atoms with van der Waals surface area (Å²) in [6.07, 6.45) is 3.01. The zero-order chi connectivity index (χ0) is 35.2. The third-order valence-electron chi connectivity index (χ3n) is 10.5. The van der Waals surface area contributed by atoms with Crippen molar-refractivity contribution in [2.75, 3.05) is 30.3 Å². The Labute approximate surface area is 292 Å². The fourth-order valence-electron chi connectivity index (χ4n) is 7.97. The van der Waals surface area contributed by atoms with Crippen molar-refractivity contribution < 1.29 is 25.6 Å². The third kappa shape index (κ3) is 6.66. The number of anilines is 2. The zero-order valence-electron chi connectivity index (χ0n) is 28.0. The highest BCUT2D eigenvalue weighted by molar-refractivity contribution is 7.91. The average Bonchev–Trinajstić information content (AvgIpc) is 3.49. The summed E-state index contributed by atoms with van der Waals surface area (Å²) in [5.74, 6) is 0.140. The third-order valence-corrected chi connectivity index (χ3v) is 14.1. The molecule has 0 saturated carbocycles. The Morgan fingerprint density at radius 3 is 1.72 bits per heavy atom. The Morgan fingerprint density at radius 2 is 1.12 bits per heavy atom. The van der Waals surface area contributed by atoms with E-state index < -0.39 is 31.3 Å². The van der Waals surface area contributed by atoms with E-state index in [0.717, 1.165) is 61.4 Å². The first-order valence-corrected chi connectivity index (χ1v) is 20.1. The molecular weight excluding hydrogens is 679 g/mol. The van der Waals surface area contributed by atoms with Gasteiger partial charge in [-0.25, -0.2) is 25.6 Å². The highest BCUT2D eigenvalue weighted by Crippen LogP contribution is 2.44. The lowest BCUT2D eigenvalue weighted by molar-refractivity contribution is 0.443. The van der Waals surface area contributed by atoms with Crippen molar-refractivity contribution in [1.29, 1.82) is 0 Å². The smallest absolute Gasteiger partial charge is 0.206 e. The number of hydrogen-bond donors (Lipinski definition) is 4. The molecule has 0 amide bonds. The molecule has 2 saturated heterocycles. The number of hydrogen-bond acceptors (Lipinski definition) is 8. The summed E-state index contributed by atoms with van der Waals surface area (Å²) in [6, 6.07) is 21.6. The predicted molar refractivity (Wildman–Crippen MR) is 190 cm³/mol. The van der Waals surface area contributed by atoms with E-state index in [4.69, 9.17) is 0 Å². The second-order valence-electron chi connectivity index (χ2n) is 13.9. The minimum absolute atomic E-state index is 0.118. The van der Waals surface area contributed by atoms with Crippen LogP contribution in [0.2, 0.25) is 0 Å². The average molecular weight is 721 g/mol. The summed E-state index contributed by atoms with van der Waals surface area (Å²) in [7, 11) is -7.30. The van der Waals surface area contributed by atoms with Crippen LogP contribution in [-0.4, -0.2) is 54.6 Å². The van der Waals surface area contributed by atoms with Crippen molar-refractivity contribution in [1.82, 2.24) is 10.6 Å². The monoisotopic (exact) mass is 720 g/mol. The number of nitrogens with one attached hydrogen (secondary N) is 4. The molecule has 4 aromatic carbocycles. The Balaban J connectivity index is 0.000000157. The first-order chi connectivity index (χ1) is 23.9. The van der Waals surface area contributed by atoms with Crippen LogP contribution < -0.4 is 21.3 Å². The SMILES string of the molecule is CC1CNCC[C@@H]2Nc3ccc(S(=O)(=O)c4ccc(F)cc4)cc3[C@@H]12.CC1C[C@@H]2c3cc(S(=O)(=O)c4ccc(F)cc4)ccc3N[C@H]2CCN1. The summed E-state index contributed by atoms with van der Waals surface area (Å²) < 4.78 is 77.8. The molecule has 2 fully saturated rings. The van der Waals surface area contributed by atoms with Gasteiger partial charge in [0, 0.05) is 41.3 Å². The van der Waals surface area contributed by atoms with E-state index >= 15 is 0 Å². The lowest BCUT2D eigenvalue weighted by Crippen LogP contribution is -2.25. The van der Waals surface area contributed by atoms with E-state index in [2.05, 4.69) is 35.1 Å². The number of halogens is 2. The van der Waals surface area contributed by atoms with Gasteiger partial charge in [-0.1, -0.05) is 6.92 Å². The molecule has 4 heterocycles. The second kappa shape index (κ2) is 13.7. The molecule has 6 atom stereocenters. The van der Waals surface area contributed by atoms with Gasteiger partial charge in [-0.05, 0) is 148 Å². The van der Waals surface area contributed by atoms with Crippen LogP contribution >= 0.6 is 0 Å². The molecule has 0 bridgehead atoms. The zero-order valence-corrected chi connectivity index (χ0v) is 29.6. The summed E-state index contributed by atoms with van der Waals surface area (Å²) in [4.78, 5) is 0.772. The normalized spacial score (nSPS) is 25.6. The topological polar surface area (TPSA) is 116 Å². The number of benzene rings is 4. The first kappa shape index (κ1) is 34.6. The molecule has 4 aromatic rings. The van der Waals surface area contributed by atoms with E-state index in [9.17, 15) is 25.6 Å². The summed E-state index contributed by atoms with van der Waals surface area (Å²) >= 11 is 0. The Kier molecular flexibility index (Phi) is 9.48. The minimum atomic E-state index is -3.65. The number of sulfone groups is 2. The molecule has 12 heteroatoms. The van der Waals surface area contributed by atoms with E-state index in [1.54, 1.807) is 24.3 Å². The van der Waals surface area contributed by atoms with Gasteiger partial charge >= 0.3 is 0 Å². The maximum atomic E-state index is 13.1. The van der Waals surface area contributed by atoms with E-state index in [1.807, 2.05) is 12.1 Å². The minimum Gasteiger partial charge on any atom is -0.381 e. The highest BCUT2D eigenvalue weighted by Gasteiger charge is 2.38. The van der Waals surface area contributed by atoms with Gasteiger partial charge in [-0.3, -0.25) is 0 Å². The quantitative estimate of drug-likeness (QED) is 0.177. The van der Waals surface area contributed by atoms with Gasteiger partial charge in [0.2, 0.25) is 19.7 Å². The van der Waals surface area contributed by atoms with Crippen LogP contribution in [0.5, 0.6) is 0 Å². The Hall–Kier alpha value is -3.84. The van der Waals surface area contributed by atoms with Crippen LogP contribution in [-0.2, 0) is 19.7 Å². The van der Waals surface area contributed by atoms with E-state index in [0.29, 0.717) is 35.9 Å². The molecule has 4 aliphatic heterocycles. The summed E-state index contributed by atoms with van der Waals surface area (Å²) in [5, 5.41) is 14.0. The molecule has 4 N–H and O–H groups in total. The van der Waals surface area contributed by atoms with Gasteiger partial charge < -0.3 is 21.3 Å². The molecule has 4 aliphatic rings. The molecule has 0 radical (unpaired) electrons. The van der Waals surface area contributed by atoms with Gasteiger partial charge in [0.15, 0.2) is 0 Å². The van der Waals surface area contributed by atoms with Crippen molar-refractivity contribution in [2.24, 2.45) is 5.92 Å². The molecule has 264 valence electrons. The molecule has 2 unspecified atom stereocenters. The van der Waals surface area contributed by atoms with Crippen molar-refractivity contribution in [3.8, 4) is 0 Å². The van der Waals surface area contributed by atoms with Crippen LogP contribution in [0.4, 0.5) is 20.2 Å². The van der Waals surface area contributed by atoms with Crippen LogP contribution in [0.3, 0.4) is 0 Å². The van der Waals surface area contributed by atoms with Gasteiger partial charge in [-0.2, -0.15) is 0 Å². The van der Waals surface area contributed by atoms with Crippen molar-refractivity contribution in [2.45, 2.75) is 82.7 Å². The maximum Gasteiger partial charge on any atom is 0.206 e. The van der Waals surface area contributed by atoms with E-state index in [-0.39, 0.29) is 19.6 Å². The van der Waals surface area contributed by atoms with Crippen molar-refractivity contribution in [3.63, 3.8) is 0 Å². The van der Waals surface area contributed by atoms with Crippen molar-refractivity contribution >= 4 is 31.0 Å². The molecular formula is C38H42F2N4O4S2. The number of fused-ring (bicyclic) bond motifs is 6. The summed E-state index contributed by atoms with van der Waals surface area (Å²) in [6.45, 7) is 7.22. The van der Waals surface area contributed by atoms with Crippen LogP contribution in [0.25, 0.3) is 0 Å². The lowest BCUT2D eigenvalue weighted by atomic mass is 9.84. The highest BCUT2D eigenvalue weighted by atomic mass is 32.2. The Bertz CT molecular complexity index is 2090. The van der Waals surface area contributed by atoms with Gasteiger partial charge in [-0.15, -0.1) is 0 Å². The van der Waals surface area contributed by atoms with Gasteiger partial charge in [0.25, 0.3) is 0 Å². The second-order valence-corrected chi connectivity index (χ2v) is 17.8. The largest absolute Gasteiger partial charge is 0.381 e. The van der Waals surface area contributed by atoms with Gasteiger partial charge in [0.05, 0.1) is 19.6 Å². The number of rotatable bonds is 4. The predicted octanol–water partition coefficient (Wildman–Crippen LogP) is 6.47. The lowest BCUT2D eigenvalue weighted by Gasteiger charge is -2.22. The Morgan fingerprint density at radius 1 is 0.620 bits per heavy atom. The fraction of sp³-hybridized carbons (Fsp3) is 0.368. The molecule has 8 nitrogen and oxygen atoms in total. The van der Waals surface area contributed by atoms with Crippen LogP contribution in [0.15, 0.2) is 105 Å². The molecule has 0 aliphatic carbocycles. The van der Waals surface area contributed by atoms with Crippen LogP contribution in [0.1, 0.15) is 56.1 Å². The summed E-state index contributed by atoms with van der Waals surface area (Å²) in [5.41, 5.74) is 4.21. The maximum absolute atomic E-state index is 13.1. The molecule has 50 heavy (non-hydrogen) atoms. The first-order valence-electron chi connectivity index (χ1n) is 17.2.